The van der Waals surface area contributed by atoms with Gasteiger partial charge in [0, 0.05) is 17.8 Å². The summed E-state index contributed by atoms with van der Waals surface area (Å²) in [6, 6.07) is 5.97. The molecule has 6 nitrogen and oxygen atoms in total. The predicted molar refractivity (Wildman–Crippen MR) is 60.7 cm³/mol. The maximum absolute atomic E-state index is 11.5. The third-order valence-corrected chi connectivity index (χ3v) is 2.79. The summed E-state index contributed by atoms with van der Waals surface area (Å²) in [5.41, 5.74) is 0.0715. The van der Waals surface area contributed by atoms with E-state index in [0.29, 0.717) is 5.69 Å². The zero-order valence-corrected chi connectivity index (χ0v) is 9.30. The van der Waals surface area contributed by atoms with Gasteiger partial charge in [0.1, 0.15) is 5.54 Å². The van der Waals surface area contributed by atoms with Crippen molar-refractivity contribution < 1.29 is 14.5 Å². The second kappa shape index (κ2) is 4.04. The van der Waals surface area contributed by atoms with Gasteiger partial charge in [0.15, 0.2) is 0 Å². The number of anilines is 1. The Morgan fingerprint density at radius 3 is 2.41 bits per heavy atom. The van der Waals surface area contributed by atoms with Crippen molar-refractivity contribution in [2.75, 3.05) is 12.4 Å². The third kappa shape index (κ3) is 2.20. The fourth-order valence-corrected chi connectivity index (χ4v) is 1.64. The molecule has 1 aromatic rings. The largest absolute Gasteiger partial charge is 0.467 e. The number of hydrogen-bond acceptors (Lipinski definition) is 5. The lowest BCUT2D eigenvalue weighted by Crippen LogP contribution is -2.32. The summed E-state index contributed by atoms with van der Waals surface area (Å²) in [5.74, 6) is -0.296. The highest BCUT2D eigenvalue weighted by molar-refractivity contribution is 5.88. The molecule has 0 amide bonds. The molecule has 0 unspecified atom stereocenters. The zero-order valence-electron chi connectivity index (χ0n) is 9.30. The lowest BCUT2D eigenvalue weighted by Gasteiger charge is -2.15. The first-order valence-corrected chi connectivity index (χ1v) is 5.18. The zero-order chi connectivity index (χ0) is 12.5. The van der Waals surface area contributed by atoms with Crippen molar-refractivity contribution in [1.82, 2.24) is 0 Å². The van der Waals surface area contributed by atoms with Crippen LogP contribution in [0.5, 0.6) is 0 Å². The van der Waals surface area contributed by atoms with E-state index in [4.69, 9.17) is 4.74 Å². The molecule has 1 fully saturated rings. The van der Waals surface area contributed by atoms with Crippen molar-refractivity contribution in [2.24, 2.45) is 0 Å². The van der Waals surface area contributed by atoms with E-state index in [1.54, 1.807) is 12.1 Å². The Balaban J connectivity index is 2.09. The van der Waals surface area contributed by atoms with Crippen LogP contribution in [0, 0.1) is 10.1 Å². The molecule has 0 spiro atoms. The van der Waals surface area contributed by atoms with Crippen molar-refractivity contribution in [2.45, 2.75) is 18.4 Å². The lowest BCUT2D eigenvalue weighted by atomic mass is 10.2. The molecule has 1 N–H and O–H groups in total. The maximum Gasteiger partial charge on any atom is 0.331 e. The van der Waals surface area contributed by atoms with Crippen molar-refractivity contribution in [3.63, 3.8) is 0 Å². The minimum atomic E-state index is -0.634. The van der Waals surface area contributed by atoms with Crippen LogP contribution in [0.4, 0.5) is 11.4 Å². The van der Waals surface area contributed by atoms with E-state index < -0.39 is 10.5 Å². The molecule has 2 rings (SSSR count). The molecule has 6 heteroatoms. The Morgan fingerprint density at radius 1 is 1.41 bits per heavy atom. The van der Waals surface area contributed by atoms with Crippen LogP contribution in [0.25, 0.3) is 0 Å². The van der Waals surface area contributed by atoms with Gasteiger partial charge in [-0.2, -0.15) is 0 Å². The number of rotatable bonds is 4. The van der Waals surface area contributed by atoms with Gasteiger partial charge in [0.05, 0.1) is 12.0 Å². The highest BCUT2D eigenvalue weighted by Gasteiger charge is 2.51. The fourth-order valence-electron chi connectivity index (χ4n) is 1.64. The molecule has 1 aliphatic carbocycles. The van der Waals surface area contributed by atoms with Crippen LogP contribution in [-0.2, 0) is 9.53 Å². The fraction of sp³-hybridized carbons (Fsp3) is 0.364. The topological polar surface area (TPSA) is 81.5 Å². The first-order chi connectivity index (χ1) is 8.07. The smallest absolute Gasteiger partial charge is 0.331 e. The van der Waals surface area contributed by atoms with E-state index in [2.05, 4.69) is 5.32 Å². The number of nitrogens with one attached hydrogen (secondary N) is 1. The van der Waals surface area contributed by atoms with Gasteiger partial charge < -0.3 is 10.1 Å². The minimum Gasteiger partial charge on any atom is -0.467 e. The summed E-state index contributed by atoms with van der Waals surface area (Å²) in [6.07, 6.45) is 1.44. The highest BCUT2D eigenvalue weighted by atomic mass is 16.6. The molecule has 0 radical (unpaired) electrons. The van der Waals surface area contributed by atoms with Crippen molar-refractivity contribution in [3.8, 4) is 0 Å². The van der Waals surface area contributed by atoms with E-state index in [-0.39, 0.29) is 11.7 Å². The summed E-state index contributed by atoms with van der Waals surface area (Å²) < 4.78 is 4.70. The summed E-state index contributed by atoms with van der Waals surface area (Å²) in [5, 5.41) is 13.5. The second-order valence-corrected chi connectivity index (χ2v) is 4.00. The van der Waals surface area contributed by atoms with Gasteiger partial charge in [0.25, 0.3) is 5.69 Å². The Hall–Kier alpha value is -2.11. The molecule has 0 atom stereocenters. The van der Waals surface area contributed by atoms with Crippen LogP contribution in [0.1, 0.15) is 12.8 Å². The molecular formula is C11H12N2O4. The number of nitro groups is 1. The summed E-state index contributed by atoms with van der Waals surface area (Å²) in [7, 11) is 1.35. The van der Waals surface area contributed by atoms with Gasteiger partial charge in [-0.05, 0) is 25.0 Å². The Kier molecular flexibility index (Phi) is 2.71. The van der Waals surface area contributed by atoms with Crippen molar-refractivity contribution in [1.29, 1.82) is 0 Å². The normalized spacial score (nSPS) is 16.1. The molecule has 1 saturated carbocycles. The molecular weight excluding hydrogens is 224 g/mol. The minimum absolute atomic E-state index is 0.0264. The number of benzene rings is 1. The molecule has 0 aliphatic heterocycles. The lowest BCUT2D eigenvalue weighted by molar-refractivity contribution is -0.384. The number of nitro benzene ring substituents is 1. The number of methoxy groups -OCH3 is 1. The van der Waals surface area contributed by atoms with Gasteiger partial charge in [0.2, 0.25) is 0 Å². The van der Waals surface area contributed by atoms with Gasteiger partial charge in [-0.15, -0.1) is 0 Å². The predicted octanol–water partition coefficient (Wildman–Crippen LogP) is 1.71. The van der Waals surface area contributed by atoms with Crippen molar-refractivity contribution in [3.05, 3.63) is 34.4 Å². The SMILES string of the molecule is COC(=O)C1(Nc2ccc([N+](=O)[O-])cc2)CC1. The second-order valence-electron chi connectivity index (χ2n) is 4.00. The number of esters is 1. The molecule has 0 aromatic heterocycles. The monoisotopic (exact) mass is 236 g/mol. The molecule has 0 heterocycles. The molecule has 0 saturated heterocycles. The van der Waals surface area contributed by atoms with Crippen molar-refractivity contribution >= 4 is 17.3 Å². The van der Waals surface area contributed by atoms with Gasteiger partial charge >= 0.3 is 5.97 Å². The first-order valence-electron chi connectivity index (χ1n) is 5.18. The quantitative estimate of drug-likeness (QED) is 0.489. The maximum atomic E-state index is 11.5. The Labute approximate surface area is 97.7 Å². The van der Waals surface area contributed by atoms with Crippen LogP contribution in [-0.4, -0.2) is 23.5 Å². The summed E-state index contributed by atoms with van der Waals surface area (Å²) >= 11 is 0. The van der Waals surface area contributed by atoms with E-state index >= 15 is 0 Å². The molecule has 1 aromatic carbocycles. The Bertz CT molecular complexity index is 451. The molecule has 17 heavy (non-hydrogen) atoms. The van der Waals surface area contributed by atoms with Crippen LogP contribution in [0.2, 0.25) is 0 Å². The molecule has 1 aliphatic rings. The standard InChI is InChI=1S/C11H12N2O4/c1-17-10(14)11(6-7-11)12-8-2-4-9(5-3-8)13(15)16/h2-5,12H,6-7H2,1H3. The third-order valence-electron chi connectivity index (χ3n) is 2.79. The number of nitrogens with zero attached hydrogens (tertiary/aromatic N) is 1. The van der Waals surface area contributed by atoms with E-state index in [9.17, 15) is 14.9 Å². The van der Waals surface area contributed by atoms with Crippen LogP contribution in [0.15, 0.2) is 24.3 Å². The average molecular weight is 236 g/mol. The van der Waals surface area contributed by atoms with Gasteiger partial charge in [-0.25, -0.2) is 4.79 Å². The van der Waals surface area contributed by atoms with Crippen LogP contribution in [0.3, 0.4) is 0 Å². The molecule has 0 bridgehead atoms. The number of carbonyl (C=O) groups is 1. The number of carbonyl (C=O) groups excluding carboxylic acids is 1. The average Bonchev–Trinajstić information content (AvgIpc) is 3.09. The van der Waals surface area contributed by atoms with Crippen LogP contribution < -0.4 is 5.32 Å². The Morgan fingerprint density at radius 2 is 2.00 bits per heavy atom. The van der Waals surface area contributed by atoms with Gasteiger partial charge in [-0.3, -0.25) is 10.1 Å². The number of hydrogen-bond donors (Lipinski definition) is 1. The summed E-state index contributed by atoms with van der Waals surface area (Å²) in [6.45, 7) is 0. The van der Waals surface area contributed by atoms with E-state index in [0.717, 1.165) is 12.8 Å². The van der Waals surface area contributed by atoms with Crippen LogP contribution >= 0.6 is 0 Å². The highest BCUT2D eigenvalue weighted by Crippen LogP contribution is 2.40. The molecule has 90 valence electrons. The number of ether oxygens (including phenoxy) is 1. The summed E-state index contributed by atoms with van der Waals surface area (Å²) in [4.78, 5) is 21.5. The number of non-ortho nitro benzene ring substituents is 1. The van der Waals surface area contributed by atoms with E-state index in [1.807, 2.05) is 0 Å². The van der Waals surface area contributed by atoms with Gasteiger partial charge in [-0.1, -0.05) is 0 Å². The van der Waals surface area contributed by atoms with E-state index in [1.165, 1.54) is 19.2 Å². The first kappa shape index (κ1) is 11.4.